The number of carboxylic acids is 1. The molecule has 0 bridgehead atoms. The maximum Gasteiger partial charge on any atom is 0.325 e. The van der Waals surface area contributed by atoms with Crippen molar-refractivity contribution < 1.29 is 38.5 Å². The van der Waals surface area contributed by atoms with Crippen LogP contribution in [-0.4, -0.2) is 51.7 Å². The van der Waals surface area contributed by atoms with Crippen molar-refractivity contribution in [3.63, 3.8) is 0 Å². The second kappa shape index (κ2) is 11.2. The molecule has 0 amide bonds. The molecule has 1 rings (SSSR count). The van der Waals surface area contributed by atoms with Crippen LogP contribution in [0.2, 0.25) is 0 Å². The SMILES string of the molecule is CC(C)(C)OC(=O)C(C(=O)OC(C)(C)C)c1ccc(COC(=O)CSCC(=O)O)cc1. The molecular weight excluding hydrogens is 424 g/mol. The topological polar surface area (TPSA) is 116 Å². The van der Waals surface area contributed by atoms with Crippen LogP contribution in [0.4, 0.5) is 0 Å². The summed E-state index contributed by atoms with van der Waals surface area (Å²) in [5.74, 6) is -4.45. The molecule has 1 aromatic carbocycles. The molecule has 0 aliphatic heterocycles. The molecule has 0 aromatic heterocycles. The fourth-order valence-corrected chi connectivity index (χ4v) is 2.85. The Morgan fingerprint density at radius 2 is 1.35 bits per heavy atom. The van der Waals surface area contributed by atoms with E-state index >= 15 is 0 Å². The Balaban J connectivity index is 2.88. The van der Waals surface area contributed by atoms with Crippen molar-refractivity contribution in [2.24, 2.45) is 0 Å². The van der Waals surface area contributed by atoms with E-state index < -0.39 is 41.0 Å². The lowest BCUT2D eigenvalue weighted by molar-refractivity contribution is -0.169. The maximum atomic E-state index is 12.7. The Kier molecular flexibility index (Phi) is 9.55. The van der Waals surface area contributed by atoms with Crippen molar-refractivity contribution in [2.75, 3.05) is 11.5 Å². The Morgan fingerprint density at radius 1 is 0.871 bits per heavy atom. The number of ether oxygens (including phenoxy) is 3. The van der Waals surface area contributed by atoms with E-state index in [0.717, 1.165) is 11.8 Å². The zero-order valence-electron chi connectivity index (χ0n) is 18.7. The van der Waals surface area contributed by atoms with Gasteiger partial charge in [0.1, 0.15) is 17.8 Å². The zero-order valence-corrected chi connectivity index (χ0v) is 19.5. The third kappa shape index (κ3) is 10.9. The van der Waals surface area contributed by atoms with Crippen molar-refractivity contribution in [1.82, 2.24) is 0 Å². The molecule has 31 heavy (non-hydrogen) atoms. The molecule has 0 radical (unpaired) electrons. The van der Waals surface area contributed by atoms with E-state index in [1.165, 1.54) is 0 Å². The fraction of sp³-hybridized carbons (Fsp3) is 0.545. The van der Waals surface area contributed by atoms with E-state index in [9.17, 15) is 19.2 Å². The van der Waals surface area contributed by atoms with Gasteiger partial charge in [0.25, 0.3) is 0 Å². The molecule has 0 unspecified atom stereocenters. The van der Waals surface area contributed by atoms with E-state index in [2.05, 4.69) is 0 Å². The number of esters is 3. The van der Waals surface area contributed by atoms with Crippen molar-refractivity contribution in [3.05, 3.63) is 35.4 Å². The van der Waals surface area contributed by atoms with Gasteiger partial charge < -0.3 is 19.3 Å². The van der Waals surface area contributed by atoms with Gasteiger partial charge in [-0.25, -0.2) is 0 Å². The van der Waals surface area contributed by atoms with Crippen LogP contribution in [0.15, 0.2) is 24.3 Å². The maximum absolute atomic E-state index is 12.7. The average molecular weight is 455 g/mol. The van der Waals surface area contributed by atoms with Crippen molar-refractivity contribution >= 4 is 35.6 Å². The molecule has 0 spiro atoms. The Morgan fingerprint density at radius 3 is 1.77 bits per heavy atom. The molecule has 9 heteroatoms. The van der Waals surface area contributed by atoms with E-state index in [4.69, 9.17) is 19.3 Å². The van der Waals surface area contributed by atoms with Gasteiger partial charge in [-0.1, -0.05) is 24.3 Å². The summed E-state index contributed by atoms with van der Waals surface area (Å²) in [6.07, 6.45) is 0. The predicted molar refractivity (Wildman–Crippen MR) is 116 cm³/mol. The standard InChI is InChI=1S/C22H30O8S/c1-21(2,3)29-19(26)18(20(27)30-22(4,5)6)15-9-7-14(8-10-15)11-28-17(25)13-31-12-16(23)24/h7-10,18H,11-13H2,1-6H3,(H,23,24). The van der Waals surface area contributed by atoms with Crippen LogP contribution in [-0.2, 0) is 40.0 Å². The molecule has 0 fully saturated rings. The van der Waals surface area contributed by atoms with E-state index in [0.29, 0.717) is 11.1 Å². The molecule has 0 heterocycles. The van der Waals surface area contributed by atoms with E-state index in [1.807, 2.05) is 0 Å². The van der Waals surface area contributed by atoms with Crippen LogP contribution < -0.4 is 0 Å². The minimum atomic E-state index is -1.25. The molecule has 0 aliphatic rings. The first-order chi connectivity index (χ1) is 14.2. The van der Waals surface area contributed by atoms with Crippen molar-refractivity contribution in [2.45, 2.75) is 65.3 Å². The second-order valence-electron chi connectivity index (χ2n) is 8.79. The molecule has 1 aromatic rings. The lowest BCUT2D eigenvalue weighted by atomic mass is 9.97. The molecular formula is C22H30O8S. The first-order valence-electron chi connectivity index (χ1n) is 9.67. The number of thioether (sulfide) groups is 1. The van der Waals surface area contributed by atoms with Crippen molar-refractivity contribution in [3.8, 4) is 0 Å². The predicted octanol–water partition coefficient (Wildman–Crippen LogP) is 3.31. The molecule has 172 valence electrons. The number of rotatable bonds is 9. The van der Waals surface area contributed by atoms with E-state index in [-0.39, 0.29) is 18.1 Å². The van der Waals surface area contributed by atoms with Crippen LogP contribution in [0.5, 0.6) is 0 Å². The van der Waals surface area contributed by atoms with Gasteiger partial charge >= 0.3 is 23.9 Å². The first kappa shape index (κ1) is 26.5. The number of hydrogen-bond acceptors (Lipinski definition) is 8. The van der Waals surface area contributed by atoms with Crippen LogP contribution in [0.25, 0.3) is 0 Å². The monoisotopic (exact) mass is 454 g/mol. The molecule has 0 saturated heterocycles. The zero-order chi connectivity index (χ0) is 23.8. The van der Waals surface area contributed by atoms with Gasteiger partial charge in [-0.15, -0.1) is 11.8 Å². The van der Waals surface area contributed by atoms with Crippen LogP contribution in [0, 0.1) is 0 Å². The number of benzene rings is 1. The molecule has 1 N–H and O–H groups in total. The number of aliphatic carboxylic acids is 1. The molecule has 0 aliphatic carbocycles. The number of hydrogen-bond donors (Lipinski definition) is 1. The first-order valence-corrected chi connectivity index (χ1v) is 10.8. The summed E-state index contributed by atoms with van der Waals surface area (Å²) in [4.78, 5) is 47.5. The van der Waals surface area contributed by atoms with Gasteiger partial charge in [-0.2, -0.15) is 0 Å². The lowest BCUT2D eigenvalue weighted by Gasteiger charge is -2.26. The average Bonchev–Trinajstić information content (AvgIpc) is 2.57. The Labute approximate surface area is 186 Å². The van der Waals surface area contributed by atoms with Gasteiger partial charge in [0, 0.05) is 0 Å². The quantitative estimate of drug-likeness (QED) is 0.341. The molecule has 0 saturated carbocycles. The van der Waals surface area contributed by atoms with Gasteiger partial charge in [0.05, 0.1) is 11.5 Å². The summed E-state index contributed by atoms with van der Waals surface area (Å²) in [6, 6.07) is 6.44. The van der Waals surface area contributed by atoms with Gasteiger partial charge in [0.15, 0.2) is 5.92 Å². The summed E-state index contributed by atoms with van der Waals surface area (Å²) in [5.41, 5.74) is -0.503. The van der Waals surface area contributed by atoms with E-state index in [1.54, 1.807) is 65.8 Å². The smallest absolute Gasteiger partial charge is 0.325 e. The molecule has 8 nitrogen and oxygen atoms in total. The highest BCUT2D eigenvalue weighted by Gasteiger charge is 2.36. The van der Waals surface area contributed by atoms with Gasteiger partial charge in [0.2, 0.25) is 0 Å². The van der Waals surface area contributed by atoms with Gasteiger partial charge in [-0.3, -0.25) is 19.2 Å². The summed E-state index contributed by atoms with van der Waals surface area (Å²) in [7, 11) is 0. The minimum Gasteiger partial charge on any atom is -0.481 e. The minimum absolute atomic E-state index is 0.0176. The lowest BCUT2D eigenvalue weighted by Crippen LogP contribution is -2.35. The largest absolute Gasteiger partial charge is 0.481 e. The highest BCUT2D eigenvalue weighted by Crippen LogP contribution is 2.25. The number of carboxylic acid groups (broad SMARTS) is 1. The summed E-state index contributed by atoms with van der Waals surface area (Å²) in [6.45, 7) is 10.3. The highest BCUT2D eigenvalue weighted by atomic mass is 32.2. The van der Waals surface area contributed by atoms with Gasteiger partial charge in [-0.05, 0) is 52.7 Å². The summed E-state index contributed by atoms with van der Waals surface area (Å²) < 4.78 is 15.9. The van der Waals surface area contributed by atoms with Crippen LogP contribution >= 0.6 is 11.8 Å². The van der Waals surface area contributed by atoms with Crippen molar-refractivity contribution in [1.29, 1.82) is 0 Å². The Bertz CT molecular complexity index is 759. The second-order valence-corrected chi connectivity index (χ2v) is 9.77. The van der Waals surface area contributed by atoms with Crippen LogP contribution in [0.1, 0.15) is 58.6 Å². The third-order valence-corrected chi connectivity index (χ3v) is 4.33. The summed E-state index contributed by atoms with van der Waals surface area (Å²) in [5, 5.41) is 8.57. The third-order valence-electron chi connectivity index (χ3n) is 3.44. The number of carbonyl (C=O) groups is 4. The van der Waals surface area contributed by atoms with Crippen LogP contribution in [0.3, 0.4) is 0 Å². The summed E-state index contributed by atoms with van der Waals surface area (Å²) >= 11 is 0.949. The normalized spacial score (nSPS) is 11.7. The number of carbonyl (C=O) groups excluding carboxylic acids is 3. The molecule has 0 atom stereocenters. The fourth-order valence-electron chi connectivity index (χ4n) is 2.32. The highest BCUT2D eigenvalue weighted by molar-refractivity contribution is 8.00. The Hall–Kier alpha value is -2.55.